The lowest BCUT2D eigenvalue weighted by molar-refractivity contribution is 0.282. The van der Waals surface area contributed by atoms with Gasteiger partial charge in [0.25, 0.3) is 10.0 Å². The molecule has 2 aromatic rings. The van der Waals surface area contributed by atoms with Crippen molar-refractivity contribution < 1.29 is 17.9 Å². The zero-order valence-corrected chi connectivity index (χ0v) is 11.7. The summed E-state index contributed by atoms with van der Waals surface area (Å²) in [5.74, 6) is -0.623. The van der Waals surface area contributed by atoms with E-state index >= 15 is 0 Å². The molecule has 0 saturated heterocycles. The van der Waals surface area contributed by atoms with Gasteiger partial charge < -0.3 is 5.11 Å². The van der Waals surface area contributed by atoms with Gasteiger partial charge in [0.1, 0.15) is 10.0 Å². The van der Waals surface area contributed by atoms with E-state index in [0.717, 1.165) is 11.3 Å². The number of sulfonamides is 1. The van der Waals surface area contributed by atoms with Crippen LogP contribution in [0.4, 0.5) is 10.1 Å². The molecule has 0 amide bonds. The van der Waals surface area contributed by atoms with Gasteiger partial charge in [-0.05, 0) is 41.6 Å². The van der Waals surface area contributed by atoms with Gasteiger partial charge in [0.15, 0.2) is 0 Å². The summed E-state index contributed by atoms with van der Waals surface area (Å²) >= 11 is 0.976. The number of aliphatic hydroxyl groups is 1. The molecule has 0 aliphatic heterocycles. The Morgan fingerprint density at radius 2 is 2.11 bits per heavy atom. The Bertz CT molecular complexity index is 695. The minimum absolute atomic E-state index is 0.0384. The highest BCUT2D eigenvalue weighted by Gasteiger charge is 2.18. The predicted octanol–water partition coefficient (Wildman–Crippen LogP) is 2.49. The van der Waals surface area contributed by atoms with Crippen LogP contribution >= 0.6 is 11.3 Å². The molecule has 7 heteroatoms. The van der Waals surface area contributed by atoms with E-state index in [1.54, 1.807) is 18.4 Å². The van der Waals surface area contributed by atoms with Gasteiger partial charge in [-0.2, -0.15) is 0 Å². The topological polar surface area (TPSA) is 66.4 Å². The first-order valence-electron chi connectivity index (χ1n) is 5.39. The Morgan fingerprint density at radius 1 is 1.37 bits per heavy atom. The standard InChI is InChI=1S/C12H12FNO3S2/c1-8-2-3-11(10(13)4-8)14-19(16,17)12-5-9(6-15)7-18-12/h2-5,7,14-15H,6H2,1H3. The summed E-state index contributed by atoms with van der Waals surface area (Å²) in [4.78, 5) is 0. The fourth-order valence-corrected chi connectivity index (χ4v) is 3.74. The molecule has 2 N–H and O–H groups in total. The van der Waals surface area contributed by atoms with Crippen molar-refractivity contribution in [2.24, 2.45) is 0 Å². The number of nitrogens with one attached hydrogen (secondary N) is 1. The first kappa shape index (κ1) is 14.0. The number of hydrogen-bond donors (Lipinski definition) is 2. The number of anilines is 1. The van der Waals surface area contributed by atoms with Crippen molar-refractivity contribution in [2.45, 2.75) is 17.7 Å². The zero-order chi connectivity index (χ0) is 14.0. The molecule has 0 fully saturated rings. The maximum Gasteiger partial charge on any atom is 0.271 e. The van der Waals surface area contributed by atoms with Crippen LogP contribution in [0.15, 0.2) is 33.9 Å². The number of hydrogen-bond acceptors (Lipinski definition) is 4. The van der Waals surface area contributed by atoms with Crippen LogP contribution in [0.5, 0.6) is 0 Å². The third-order valence-electron chi connectivity index (χ3n) is 2.45. The van der Waals surface area contributed by atoms with E-state index in [4.69, 9.17) is 5.11 Å². The monoisotopic (exact) mass is 301 g/mol. The van der Waals surface area contributed by atoms with E-state index in [9.17, 15) is 12.8 Å². The van der Waals surface area contributed by atoms with Gasteiger partial charge in [-0.15, -0.1) is 11.3 Å². The van der Waals surface area contributed by atoms with Crippen LogP contribution in [0.1, 0.15) is 11.1 Å². The maximum atomic E-state index is 13.6. The molecule has 0 atom stereocenters. The Labute approximate surface area is 114 Å². The van der Waals surface area contributed by atoms with E-state index in [0.29, 0.717) is 11.1 Å². The van der Waals surface area contributed by atoms with Crippen molar-refractivity contribution in [3.05, 3.63) is 46.6 Å². The summed E-state index contributed by atoms with van der Waals surface area (Å²) in [6.45, 7) is 1.49. The fourth-order valence-electron chi connectivity index (χ4n) is 1.47. The third-order valence-corrected chi connectivity index (χ3v) is 5.30. The van der Waals surface area contributed by atoms with Gasteiger partial charge in [-0.3, -0.25) is 4.72 Å². The third kappa shape index (κ3) is 3.12. The van der Waals surface area contributed by atoms with Gasteiger partial charge in [-0.1, -0.05) is 6.07 Å². The average molecular weight is 301 g/mol. The van der Waals surface area contributed by atoms with E-state index in [1.807, 2.05) is 0 Å². The minimum Gasteiger partial charge on any atom is -0.392 e. The Morgan fingerprint density at radius 3 is 2.68 bits per heavy atom. The highest BCUT2D eigenvalue weighted by molar-refractivity contribution is 7.94. The number of thiophene rings is 1. The lowest BCUT2D eigenvalue weighted by Crippen LogP contribution is -2.12. The summed E-state index contributed by atoms with van der Waals surface area (Å²) in [5, 5.41) is 10.5. The van der Waals surface area contributed by atoms with Crippen molar-refractivity contribution in [1.29, 1.82) is 0 Å². The lowest BCUT2D eigenvalue weighted by atomic mass is 10.2. The zero-order valence-electron chi connectivity index (χ0n) is 10.1. The number of aryl methyl sites for hydroxylation is 1. The van der Waals surface area contributed by atoms with Crippen molar-refractivity contribution in [3.63, 3.8) is 0 Å². The number of aliphatic hydroxyl groups excluding tert-OH is 1. The van der Waals surface area contributed by atoms with Crippen LogP contribution in [-0.4, -0.2) is 13.5 Å². The number of halogens is 1. The molecular formula is C12H12FNO3S2. The second kappa shape index (κ2) is 5.28. The number of rotatable bonds is 4. The predicted molar refractivity (Wildman–Crippen MR) is 72.2 cm³/mol. The molecule has 19 heavy (non-hydrogen) atoms. The smallest absolute Gasteiger partial charge is 0.271 e. The normalized spacial score (nSPS) is 11.5. The maximum absolute atomic E-state index is 13.6. The van der Waals surface area contributed by atoms with Crippen molar-refractivity contribution in [3.8, 4) is 0 Å². The fraction of sp³-hybridized carbons (Fsp3) is 0.167. The van der Waals surface area contributed by atoms with Gasteiger partial charge >= 0.3 is 0 Å². The SMILES string of the molecule is Cc1ccc(NS(=O)(=O)c2cc(CO)cs2)c(F)c1. The van der Waals surface area contributed by atoms with Gasteiger partial charge in [-0.25, -0.2) is 12.8 Å². The molecule has 4 nitrogen and oxygen atoms in total. The van der Waals surface area contributed by atoms with Crippen LogP contribution in [0, 0.1) is 12.7 Å². The molecule has 0 unspecified atom stereocenters. The summed E-state index contributed by atoms with van der Waals surface area (Å²) in [5.41, 5.74) is 1.12. The molecule has 0 aliphatic carbocycles. The minimum atomic E-state index is -3.82. The molecule has 0 bridgehead atoms. The van der Waals surface area contributed by atoms with Crippen LogP contribution < -0.4 is 4.72 Å². The van der Waals surface area contributed by atoms with Crippen LogP contribution in [0.2, 0.25) is 0 Å². The van der Waals surface area contributed by atoms with Crippen molar-refractivity contribution >= 4 is 27.0 Å². The van der Waals surface area contributed by atoms with Crippen LogP contribution in [-0.2, 0) is 16.6 Å². The quantitative estimate of drug-likeness (QED) is 0.912. The Kier molecular flexibility index (Phi) is 3.88. The highest BCUT2D eigenvalue weighted by atomic mass is 32.2. The molecule has 1 aromatic carbocycles. The molecule has 0 radical (unpaired) electrons. The average Bonchev–Trinajstić information content (AvgIpc) is 2.82. The van der Waals surface area contributed by atoms with E-state index < -0.39 is 15.8 Å². The second-order valence-corrected chi connectivity index (χ2v) is 6.84. The summed E-state index contributed by atoms with van der Waals surface area (Å²) in [6, 6.07) is 5.61. The number of benzene rings is 1. The second-order valence-electron chi connectivity index (χ2n) is 4.02. The molecule has 2 rings (SSSR count). The van der Waals surface area contributed by atoms with E-state index in [-0.39, 0.29) is 16.5 Å². The molecule has 0 spiro atoms. The van der Waals surface area contributed by atoms with Crippen molar-refractivity contribution in [1.82, 2.24) is 0 Å². The largest absolute Gasteiger partial charge is 0.392 e. The Hall–Kier alpha value is -1.44. The Balaban J connectivity index is 2.30. The van der Waals surface area contributed by atoms with E-state index in [1.165, 1.54) is 18.2 Å². The molecular weight excluding hydrogens is 289 g/mol. The highest BCUT2D eigenvalue weighted by Crippen LogP contribution is 2.24. The van der Waals surface area contributed by atoms with Gasteiger partial charge in [0, 0.05) is 0 Å². The molecule has 0 aliphatic rings. The molecule has 0 saturated carbocycles. The molecule has 1 heterocycles. The first-order valence-corrected chi connectivity index (χ1v) is 7.76. The van der Waals surface area contributed by atoms with Crippen molar-refractivity contribution in [2.75, 3.05) is 4.72 Å². The van der Waals surface area contributed by atoms with Gasteiger partial charge in [0.2, 0.25) is 0 Å². The summed E-state index contributed by atoms with van der Waals surface area (Å²) in [6.07, 6.45) is 0. The van der Waals surface area contributed by atoms with E-state index in [2.05, 4.69) is 4.72 Å². The summed E-state index contributed by atoms with van der Waals surface area (Å²) < 4.78 is 39.9. The summed E-state index contributed by atoms with van der Waals surface area (Å²) in [7, 11) is -3.82. The molecule has 1 aromatic heterocycles. The van der Waals surface area contributed by atoms with Crippen LogP contribution in [0.25, 0.3) is 0 Å². The first-order chi connectivity index (χ1) is 8.92. The van der Waals surface area contributed by atoms with Gasteiger partial charge in [0.05, 0.1) is 12.3 Å². The lowest BCUT2D eigenvalue weighted by Gasteiger charge is -2.07. The molecule has 102 valence electrons. The van der Waals surface area contributed by atoms with Crippen LogP contribution in [0.3, 0.4) is 0 Å².